The van der Waals surface area contributed by atoms with Crippen LogP contribution in [0.15, 0.2) is 23.3 Å². The number of hydrogen-bond acceptors (Lipinski definition) is 4. The summed E-state index contributed by atoms with van der Waals surface area (Å²) in [7, 11) is 0. The van der Waals surface area contributed by atoms with Crippen LogP contribution in [0.2, 0.25) is 0 Å². The molecule has 1 aromatic rings. The average Bonchev–Trinajstić information content (AvgIpc) is 2.37. The maximum absolute atomic E-state index is 13.3. The van der Waals surface area contributed by atoms with E-state index >= 15 is 0 Å². The van der Waals surface area contributed by atoms with Crippen LogP contribution in [0.3, 0.4) is 0 Å². The molecule has 0 saturated carbocycles. The zero-order valence-electron chi connectivity index (χ0n) is 9.77. The van der Waals surface area contributed by atoms with Crippen LogP contribution in [0.4, 0.5) is 4.39 Å². The van der Waals surface area contributed by atoms with Gasteiger partial charge in [0.05, 0.1) is 19.1 Å². The van der Waals surface area contributed by atoms with Crippen LogP contribution in [0.1, 0.15) is 17.2 Å². The number of aliphatic carboxylic acids is 1. The lowest BCUT2D eigenvalue weighted by Crippen LogP contribution is -2.21. The second-order valence-electron chi connectivity index (χ2n) is 3.85. The van der Waals surface area contributed by atoms with Gasteiger partial charge < -0.3 is 15.3 Å². The third-order valence-electron chi connectivity index (χ3n) is 2.45. The Morgan fingerprint density at radius 3 is 2.74 bits per heavy atom. The topological polar surface area (TPSA) is 127 Å². The molecule has 19 heavy (non-hydrogen) atoms. The third kappa shape index (κ3) is 4.22. The van der Waals surface area contributed by atoms with Crippen LogP contribution in [0, 0.1) is 5.82 Å². The van der Waals surface area contributed by atoms with E-state index in [1.807, 2.05) is 0 Å². The highest BCUT2D eigenvalue weighted by atomic mass is 19.1. The van der Waals surface area contributed by atoms with Crippen molar-refractivity contribution in [1.29, 1.82) is 0 Å². The minimum Gasteiger partial charge on any atom is -0.481 e. The summed E-state index contributed by atoms with van der Waals surface area (Å²) in [4.78, 5) is 13.0. The molecule has 0 aliphatic heterocycles. The van der Waals surface area contributed by atoms with Crippen molar-refractivity contribution in [2.24, 2.45) is 5.11 Å². The Balaban J connectivity index is 2.94. The number of aliphatic hydroxyl groups is 2. The molecule has 8 heteroatoms. The number of benzene rings is 1. The van der Waals surface area contributed by atoms with E-state index in [1.165, 1.54) is 6.07 Å². The Morgan fingerprint density at radius 1 is 1.47 bits per heavy atom. The van der Waals surface area contributed by atoms with Gasteiger partial charge in [0, 0.05) is 4.91 Å². The molecule has 2 unspecified atom stereocenters. The quantitative estimate of drug-likeness (QED) is 0.406. The number of nitrogens with zero attached hydrogens (tertiary/aromatic N) is 3. The van der Waals surface area contributed by atoms with Gasteiger partial charge in [0.25, 0.3) is 0 Å². The maximum Gasteiger partial charge on any atom is 0.307 e. The highest BCUT2D eigenvalue weighted by molar-refractivity contribution is 5.70. The molecule has 0 aliphatic rings. The number of hydrogen-bond donors (Lipinski definition) is 3. The fourth-order valence-electron chi connectivity index (χ4n) is 1.52. The summed E-state index contributed by atoms with van der Waals surface area (Å²) in [5.41, 5.74) is 8.15. The molecule has 0 saturated heterocycles. The van der Waals surface area contributed by atoms with Crippen LogP contribution >= 0.6 is 0 Å². The first-order valence-electron chi connectivity index (χ1n) is 5.32. The first-order chi connectivity index (χ1) is 8.95. The first-order valence-corrected chi connectivity index (χ1v) is 5.32. The van der Waals surface area contributed by atoms with Crippen molar-refractivity contribution in [3.05, 3.63) is 45.6 Å². The normalized spacial score (nSPS) is 13.4. The smallest absolute Gasteiger partial charge is 0.307 e. The summed E-state index contributed by atoms with van der Waals surface area (Å²) in [5, 5.41) is 31.0. The van der Waals surface area contributed by atoms with Gasteiger partial charge in [0.2, 0.25) is 0 Å². The summed E-state index contributed by atoms with van der Waals surface area (Å²) in [6.45, 7) is -0.344. The number of carboxylic acids is 1. The van der Waals surface area contributed by atoms with Gasteiger partial charge in [0.15, 0.2) is 0 Å². The summed E-state index contributed by atoms with van der Waals surface area (Å²) in [6.07, 6.45) is -3.27. The zero-order valence-corrected chi connectivity index (χ0v) is 9.77. The third-order valence-corrected chi connectivity index (χ3v) is 2.45. The van der Waals surface area contributed by atoms with Crippen molar-refractivity contribution in [2.75, 3.05) is 6.54 Å². The molecule has 0 heterocycles. The van der Waals surface area contributed by atoms with Crippen molar-refractivity contribution in [2.45, 2.75) is 18.6 Å². The molecule has 0 aromatic heterocycles. The predicted molar refractivity (Wildman–Crippen MR) is 62.7 cm³/mol. The number of rotatable bonds is 6. The fraction of sp³-hybridized carbons (Fsp3) is 0.364. The van der Waals surface area contributed by atoms with Gasteiger partial charge in [-0.05, 0) is 28.8 Å². The van der Waals surface area contributed by atoms with Crippen molar-refractivity contribution in [3.63, 3.8) is 0 Å². The van der Waals surface area contributed by atoms with Crippen molar-refractivity contribution in [3.8, 4) is 0 Å². The molecule has 0 amide bonds. The van der Waals surface area contributed by atoms with Gasteiger partial charge in [-0.1, -0.05) is 11.2 Å². The molecule has 1 aromatic carbocycles. The van der Waals surface area contributed by atoms with Gasteiger partial charge in [-0.25, -0.2) is 4.39 Å². The standard InChI is InChI=1S/C11H12FN3O4/c12-8-2-1-6(3-7(8)4-10(17)18)11(19)9(16)5-14-15-13/h1-3,9,11,16,19H,4-5H2,(H,17,18). The highest BCUT2D eigenvalue weighted by Crippen LogP contribution is 2.21. The molecule has 3 N–H and O–H groups in total. The van der Waals surface area contributed by atoms with E-state index in [-0.39, 0.29) is 17.7 Å². The fourth-order valence-corrected chi connectivity index (χ4v) is 1.52. The Hall–Kier alpha value is -2.15. The van der Waals surface area contributed by atoms with E-state index in [1.54, 1.807) is 0 Å². The lowest BCUT2D eigenvalue weighted by atomic mass is 10.0. The highest BCUT2D eigenvalue weighted by Gasteiger charge is 2.19. The largest absolute Gasteiger partial charge is 0.481 e. The number of halogens is 1. The Bertz CT molecular complexity index is 517. The minimum atomic E-state index is -1.39. The summed E-state index contributed by atoms with van der Waals surface area (Å²) < 4.78 is 13.3. The van der Waals surface area contributed by atoms with E-state index in [0.717, 1.165) is 12.1 Å². The van der Waals surface area contributed by atoms with Crippen LogP contribution in [-0.2, 0) is 11.2 Å². The lowest BCUT2D eigenvalue weighted by molar-refractivity contribution is -0.136. The monoisotopic (exact) mass is 269 g/mol. The number of azide groups is 1. The molecule has 1 rings (SSSR count). The van der Waals surface area contributed by atoms with E-state index in [2.05, 4.69) is 10.0 Å². The predicted octanol–water partition coefficient (Wildman–Crippen LogP) is 1.16. The first kappa shape index (κ1) is 14.9. The summed E-state index contributed by atoms with van der Waals surface area (Å²) >= 11 is 0. The van der Waals surface area contributed by atoms with E-state index in [4.69, 9.17) is 10.6 Å². The number of carbonyl (C=O) groups is 1. The second kappa shape index (κ2) is 6.69. The molecule has 7 nitrogen and oxygen atoms in total. The molecule has 2 atom stereocenters. The number of carboxylic acid groups (broad SMARTS) is 1. The molecule has 0 fully saturated rings. The molecule has 0 radical (unpaired) electrons. The van der Waals surface area contributed by atoms with Crippen LogP contribution in [0.25, 0.3) is 10.4 Å². The Morgan fingerprint density at radius 2 is 2.16 bits per heavy atom. The summed E-state index contributed by atoms with van der Waals surface area (Å²) in [6, 6.07) is 3.40. The van der Waals surface area contributed by atoms with Crippen LogP contribution < -0.4 is 0 Å². The Labute approximate surface area is 107 Å². The zero-order chi connectivity index (χ0) is 14.4. The summed E-state index contributed by atoms with van der Waals surface area (Å²) in [5.74, 6) is -1.91. The average molecular weight is 269 g/mol. The van der Waals surface area contributed by atoms with Gasteiger partial charge in [-0.2, -0.15) is 0 Å². The SMILES string of the molecule is [N-]=[N+]=NCC(O)C(O)c1ccc(F)c(CC(=O)O)c1. The molecule has 0 bridgehead atoms. The number of aliphatic hydroxyl groups excluding tert-OH is 2. The molecule has 102 valence electrons. The minimum absolute atomic E-state index is 0.0972. The van der Waals surface area contributed by atoms with Crippen molar-refractivity contribution in [1.82, 2.24) is 0 Å². The van der Waals surface area contributed by atoms with Gasteiger partial charge >= 0.3 is 5.97 Å². The van der Waals surface area contributed by atoms with Crippen molar-refractivity contribution < 1.29 is 24.5 Å². The van der Waals surface area contributed by atoms with Crippen molar-refractivity contribution >= 4 is 5.97 Å². The van der Waals surface area contributed by atoms with E-state index < -0.39 is 30.4 Å². The van der Waals surface area contributed by atoms with Gasteiger partial charge in [-0.3, -0.25) is 4.79 Å². The van der Waals surface area contributed by atoms with E-state index in [9.17, 15) is 19.4 Å². The second-order valence-corrected chi connectivity index (χ2v) is 3.85. The Kier molecular flexibility index (Phi) is 5.25. The lowest BCUT2D eigenvalue weighted by Gasteiger charge is -2.17. The molecular formula is C11H12FN3O4. The van der Waals surface area contributed by atoms with E-state index in [0.29, 0.717) is 0 Å². The van der Waals surface area contributed by atoms with Gasteiger partial charge in [-0.15, -0.1) is 0 Å². The van der Waals surface area contributed by atoms with Crippen LogP contribution in [0.5, 0.6) is 0 Å². The molecule has 0 spiro atoms. The van der Waals surface area contributed by atoms with Crippen LogP contribution in [-0.4, -0.2) is 33.9 Å². The molecule has 0 aliphatic carbocycles. The molecular weight excluding hydrogens is 257 g/mol. The maximum atomic E-state index is 13.3. The van der Waals surface area contributed by atoms with Gasteiger partial charge in [0.1, 0.15) is 11.9 Å².